The number of amides is 3. The molecule has 0 atom stereocenters. The molecular weight excluding hydrogens is 482 g/mol. The molecule has 0 spiro atoms. The molecule has 4 rings (SSSR count). The third-order valence-electron chi connectivity index (χ3n) is 7.53. The normalized spacial score (nSPS) is 20.1. The van der Waals surface area contributed by atoms with Crippen molar-refractivity contribution in [2.45, 2.75) is 45.4 Å². The molecule has 10 nitrogen and oxygen atoms in total. The van der Waals surface area contributed by atoms with Crippen molar-refractivity contribution in [3.63, 3.8) is 0 Å². The first-order valence-corrected chi connectivity index (χ1v) is 14.1. The highest BCUT2D eigenvalue weighted by Crippen LogP contribution is 2.33. The van der Waals surface area contributed by atoms with E-state index in [9.17, 15) is 9.59 Å². The summed E-state index contributed by atoms with van der Waals surface area (Å²) in [5.41, 5.74) is 13.1. The number of urea groups is 1. The molecular formula is C28H43N7O3. The molecule has 1 aliphatic carbocycles. The molecule has 0 unspecified atom stereocenters. The molecule has 38 heavy (non-hydrogen) atoms. The van der Waals surface area contributed by atoms with Crippen LogP contribution in [0.3, 0.4) is 0 Å². The minimum atomic E-state index is -0.153. The Morgan fingerprint density at radius 3 is 2.74 bits per heavy atom. The molecule has 3 amide bonds. The number of fused-ring (bicyclic) bond motifs is 1. The summed E-state index contributed by atoms with van der Waals surface area (Å²) in [7, 11) is 0. The Balaban J connectivity index is 1.38. The van der Waals surface area contributed by atoms with E-state index in [1.54, 1.807) is 0 Å². The molecule has 0 saturated carbocycles. The molecule has 5 N–H and O–H groups in total. The van der Waals surface area contributed by atoms with Gasteiger partial charge in [0.2, 0.25) is 5.91 Å². The Labute approximate surface area is 226 Å². The maximum Gasteiger partial charge on any atom is 0.323 e. The second-order valence-electron chi connectivity index (χ2n) is 10.3. The quantitative estimate of drug-likeness (QED) is 0.379. The van der Waals surface area contributed by atoms with E-state index in [-0.39, 0.29) is 18.5 Å². The van der Waals surface area contributed by atoms with E-state index in [1.165, 1.54) is 5.57 Å². The number of amidine groups is 1. The molecule has 0 bridgehead atoms. The molecule has 208 valence electrons. The van der Waals surface area contributed by atoms with Gasteiger partial charge in [-0.05, 0) is 81.9 Å². The van der Waals surface area contributed by atoms with Crippen LogP contribution >= 0.6 is 0 Å². The van der Waals surface area contributed by atoms with E-state index < -0.39 is 0 Å². The zero-order chi connectivity index (χ0) is 26.9. The average Bonchev–Trinajstić information content (AvgIpc) is 3.23. The van der Waals surface area contributed by atoms with Gasteiger partial charge < -0.3 is 30.9 Å². The fourth-order valence-electron chi connectivity index (χ4n) is 5.41. The topological polar surface area (TPSA) is 130 Å². The fourth-order valence-corrected chi connectivity index (χ4v) is 5.41. The number of carbonyl (C=O) groups is 2. The van der Waals surface area contributed by atoms with Crippen molar-refractivity contribution < 1.29 is 14.3 Å². The molecule has 0 radical (unpaired) electrons. The number of likely N-dealkylation sites (tertiary alicyclic amines) is 1. The van der Waals surface area contributed by atoms with E-state index in [4.69, 9.17) is 21.2 Å². The number of piperidine rings is 1. The van der Waals surface area contributed by atoms with Crippen molar-refractivity contribution in [2.24, 2.45) is 22.4 Å². The Hall–Kier alpha value is -2.95. The lowest BCUT2D eigenvalue weighted by atomic mass is 9.88. The number of ether oxygens (including phenoxy) is 1. The summed E-state index contributed by atoms with van der Waals surface area (Å²) < 4.78 is 6.25. The largest absolute Gasteiger partial charge is 0.456 e. The summed E-state index contributed by atoms with van der Waals surface area (Å²) in [6.45, 7) is 8.51. The van der Waals surface area contributed by atoms with Gasteiger partial charge in [-0.25, -0.2) is 9.79 Å². The second-order valence-corrected chi connectivity index (χ2v) is 10.3. The number of nitrogens with one attached hydrogen (secondary N) is 1. The molecule has 1 fully saturated rings. The maximum atomic E-state index is 13.0. The van der Waals surface area contributed by atoms with Crippen LogP contribution in [0.4, 0.5) is 4.79 Å². The summed E-state index contributed by atoms with van der Waals surface area (Å²) >= 11 is 0. The van der Waals surface area contributed by atoms with E-state index in [0.29, 0.717) is 56.7 Å². The first-order valence-electron chi connectivity index (χ1n) is 14.1. The molecule has 4 aliphatic rings. The maximum absolute atomic E-state index is 13.0. The van der Waals surface area contributed by atoms with Crippen LogP contribution in [0.2, 0.25) is 0 Å². The van der Waals surface area contributed by atoms with Crippen LogP contribution in [0, 0.1) is 5.92 Å². The van der Waals surface area contributed by atoms with Crippen molar-refractivity contribution in [1.82, 2.24) is 20.0 Å². The molecule has 10 heteroatoms. The van der Waals surface area contributed by atoms with E-state index in [0.717, 1.165) is 63.2 Å². The Kier molecular flexibility index (Phi) is 10.1. The van der Waals surface area contributed by atoms with Crippen molar-refractivity contribution in [2.75, 3.05) is 58.9 Å². The smallest absolute Gasteiger partial charge is 0.323 e. The number of rotatable bonds is 11. The minimum Gasteiger partial charge on any atom is -0.456 e. The third kappa shape index (κ3) is 7.12. The Morgan fingerprint density at radius 2 is 2.00 bits per heavy atom. The zero-order valence-corrected chi connectivity index (χ0v) is 22.7. The van der Waals surface area contributed by atoms with Gasteiger partial charge in [0.1, 0.15) is 11.5 Å². The standard InChI is InChI=1S/C28H43N7O3/c1-2-12-33(13-4-11-29)14-5-15-35-18-10-25-27(32-28(35)37)31-23-19-22(6-3-7-24(23)38-25)21-8-16-34(17-9-21)26(36)20-30/h3,6,10,19,21H,2,4-5,7-9,11-18,20,29-30H2,1H3,(H,31,32,37). The predicted molar refractivity (Wildman–Crippen MR) is 149 cm³/mol. The lowest BCUT2D eigenvalue weighted by molar-refractivity contribution is -0.130. The highest BCUT2D eigenvalue weighted by molar-refractivity contribution is 6.08. The van der Waals surface area contributed by atoms with Crippen LogP contribution in [0.15, 0.2) is 52.1 Å². The van der Waals surface area contributed by atoms with Crippen molar-refractivity contribution in [1.29, 1.82) is 0 Å². The SMILES string of the molecule is CCCN(CCCN)CCCN1CC=C2OC3=C(C=C(C4CCN(C(=O)CN)CC4)C=CC3)N=C2NC1=O. The van der Waals surface area contributed by atoms with E-state index >= 15 is 0 Å². The molecule has 3 heterocycles. The summed E-state index contributed by atoms with van der Waals surface area (Å²) in [6, 6.07) is -0.153. The molecule has 0 aromatic carbocycles. The molecule has 3 aliphatic heterocycles. The van der Waals surface area contributed by atoms with Crippen molar-refractivity contribution in [3.05, 3.63) is 47.1 Å². The highest BCUT2D eigenvalue weighted by atomic mass is 16.5. The van der Waals surface area contributed by atoms with Crippen molar-refractivity contribution >= 4 is 17.8 Å². The summed E-state index contributed by atoms with van der Waals surface area (Å²) in [6.07, 6.45) is 13.7. The Morgan fingerprint density at radius 1 is 1.21 bits per heavy atom. The fraction of sp³-hybridized carbons (Fsp3) is 0.607. The monoisotopic (exact) mass is 525 g/mol. The van der Waals surface area contributed by atoms with Gasteiger partial charge in [0, 0.05) is 32.6 Å². The zero-order valence-electron chi connectivity index (χ0n) is 22.7. The van der Waals surface area contributed by atoms with Gasteiger partial charge in [-0.15, -0.1) is 0 Å². The van der Waals surface area contributed by atoms with Gasteiger partial charge in [-0.2, -0.15) is 0 Å². The number of hydrogen-bond acceptors (Lipinski definition) is 7. The third-order valence-corrected chi connectivity index (χ3v) is 7.53. The number of carbonyl (C=O) groups excluding carboxylic acids is 2. The van der Waals surface area contributed by atoms with E-state index in [1.807, 2.05) is 15.9 Å². The summed E-state index contributed by atoms with van der Waals surface area (Å²) in [4.78, 5) is 35.9. The number of nitrogens with zero attached hydrogens (tertiary/aromatic N) is 4. The predicted octanol–water partition coefficient (Wildman–Crippen LogP) is 2.07. The van der Waals surface area contributed by atoms with E-state index in [2.05, 4.69) is 35.4 Å². The molecule has 0 aromatic rings. The van der Waals surface area contributed by atoms with Crippen LogP contribution in [-0.2, 0) is 9.53 Å². The molecule has 1 saturated heterocycles. The lowest BCUT2D eigenvalue weighted by Gasteiger charge is -2.32. The first kappa shape index (κ1) is 28.1. The number of aliphatic imine (C=N–C) groups is 1. The number of nitrogens with two attached hydrogens (primary N) is 2. The second kappa shape index (κ2) is 13.7. The lowest BCUT2D eigenvalue weighted by Crippen LogP contribution is -2.43. The number of hydrogen-bond donors (Lipinski definition) is 3. The highest BCUT2D eigenvalue weighted by Gasteiger charge is 2.29. The van der Waals surface area contributed by atoms with Gasteiger partial charge in [-0.1, -0.05) is 19.1 Å². The van der Waals surface area contributed by atoms with Crippen LogP contribution in [0.5, 0.6) is 0 Å². The Bertz CT molecular complexity index is 1020. The number of allylic oxidation sites excluding steroid dienone is 4. The van der Waals surface area contributed by atoms with Crippen molar-refractivity contribution in [3.8, 4) is 0 Å². The van der Waals surface area contributed by atoms with Gasteiger partial charge in [0.25, 0.3) is 0 Å². The summed E-state index contributed by atoms with van der Waals surface area (Å²) in [5, 5.41) is 2.97. The first-order chi connectivity index (χ1) is 18.5. The average molecular weight is 526 g/mol. The van der Waals surface area contributed by atoms with Gasteiger partial charge >= 0.3 is 6.03 Å². The molecule has 0 aromatic heterocycles. The minimum absolute atomic E-state index is 0.00765. The summed E-state index contributed by atoms with van der Waals surface area (Å²) in [5.74, 6) is 2.21. The van der Waals surface area contributed by atoms with Crippen LogP contribution in [0.1, 0.15) is 45.4 Å². The van der Waals surface area contributed by atoms with Gasteiger partial charge in [0.05, 0.1) is 6.54 Å². The van der Waals surface area contributed by atoms with Gasteiger partial charge in [0.15, 0.2) is 11.6 Å². The van der Waals surface area contributed by atoms with Crippen LogP contribution in [0.25, 0.3) is 0 Å². The van der Waals surface area contributed by atoms with Crippen LogP contribution < -0.4 is 16.8 Å². The van der Waals surface area contributed by atoms with Crippen LogP contribution in [-0.4, -0.2) is 91.4 Å². The van der Waals surface area contributed by atoms with Gasteiger partial charge in [-0.3, -0.25) is 10.1 Å².